The number of carbonyl (C=O) groups is 2. The summed E-state index contributed by atoms with van der Waals surface area (Å²) >= 11 is 0. The second-order valence-corrected chi connectivity index (χ2v) is 5.62. The fraction of sp³-hybridized carbons (Fsp3) is 0.533. The van der Waals surface area contributed by atoms with Gasteiger partial charge in [-0.15, -0.1) is 0 Å². The van der Waals surface area contributed by atoms with E-state index in [1.54, 1.807) is 0 Å². The highest BCUT2D eigenvalue weighted by molar-refractivity contribution is 5.85. The summed E-state index contributed by atoms with van der Waals surface area (Å²) in [6.45, 7) is 4.23. The van der Waals surface area contributed by atoms with E-state index in [9.17, 15) is 14.7 Å². The van der Waals surface area contributed by atoms with Crippen molar-refractivity contribution in [3.8, 4) is 0 Å². The fourth-order valence-corrected chi connectivity index (χ4v) is 2.86. The highest BCUT2D eigenvalue weighted by Crippen LogP contribution is 2.36. The van der Waals surface area contributed by atoms with Crippen molar-refractivity contribution in [1.29, 1.82) is 0 Å². The SMILES string of the molecule is Cc1cccc(CNC(=O)[C@H]2CC(C)C[C@H]2C(=O)O)n1. The summed E-state index contributed by atoms with van der Waals surface area (Å²) in [4.78, 5) is 27.7. The second kappa shape index (κ2) is 6.03. The first-order chi connectivity index (χ1) is 9.47. The Morgan fingerprint density at radius 2 is 2.05 bits per heavy atom. The quantitative estimate of drug-likeness (QED) is 0.878. The van der Waals surface area contributed by atoms with Crippen LogP contribution in [0.2, 0.25) is 0 Å². The van der Waals surface area contributed by atoms with E-state index in [4.69, 9.17) is 0 Å². The van der Waals surface area contributed by atoms with Gasteiger partial charge in [0, 0.05) is 5.69 Å². The first-order valence-electron chi connectivity index (χ1n) is 6.90. The van der Waals surface area contributed by atoms with Crippen LogP contribution in [0.15, 0.2) is 18.2 Å². The Balaban J connectivity index is 1.96. The molecule has 0 aromatic carbocycles. The Bertz CT molecular complexity index is 516. The molecule has 1 aromatic heterocycles. The van der Waals surface area contributed by atoms with Crippen LogP contribution in [0, 0.1) is 24.7 Å². The largest absolute Gasteiger partial charge is 0.481 e. The molecule has 3 atom stereocenters. The molecule has 2 N–H and O–H groups in total. The molecule has 1 aliphatic rings. The number of carboxylic acid groups (broad SMARTS) is 1. The summed E-state index contributed by atoms with van der Waals surface area (Å²) in [5, 5.41) is 12.0. The third-order valence-electron chi connectivity index (χ3n) is 3.84. The van der Waals surface area contributed by atoms with E-state index in [1.165, 1.54) is 0 Å². The smallest absolute Gasteiger partial charge is 0.307 e. The van der Waals surface area contributed by atoms with Crippen LogP contribution in [0.5, 0.6) is 0 Å². The lowest BCUT2D eigenvalue weighted by atomic mass is 9.95. The van der Waals surface area contributed by atoms with E-state index < -0.39 is 17.8 Å². The zero-order chi connectivity index (χ0) is 14.7. The number of aryl methyl sites for hydroxylation is 1. The number of rotatable bonds is 4. The summed E-state index contributed by atoms with van der Waals surface area (Å²) in [5.41, 5.74) is 1.69. The van der Waals surface area contributed by atoms with Gasteiger partial charge in [-0.05, 0) is 37.8 Å². The summed E-state index contributed by atoms with van der Waals surface area (Å²) in [7, 11) is 0. The Morgan fingerprint density at radius 3 is 2.70 bits per heavy atom. The van der Waals surface area contributed by atoms with Gasteiger partial charge in [0.2, 0.25) is 5.91 Å². The molecule has 5 heteroatoms. The van der Waals surface area contributed by atoms with Gasteiger partial charge in [0.05, 0.1) is 24.1 Å². The molecule has 5 nitrogen and oxygen atoms in total. The number of nitrogens with one attached hydrogen (secondary N) is 1. The van der Waals surface area contributed by atoms with E-state index >= 15 is 0 Å². The average molecular weight is 276 g/mol. The molecule has 0 aliphatic heterocycles. The number of amides is 1. The van der Waals surface area contributed by atoms with Gasteiger partial charge < -0.3 is 10.4 Å². The number of aliphatic carboxylic acids is 1. The minimum Gasteiger partial charge on any atom is -0.481 e. The lowest BCUT2D eigenvalue weighted by Gasteiger charge is -2.15. The zero-order valence-corrected chi connectivity index (χ0v) is 11.8. The molecule has 2 rings (SSSR count). The Hall–Kier alpha value is -1.91. The molecule has 0 saturated heterocycles. The molecule has 0 radical (unpaired) electrons. The van der Waals surface area contributed by atoms with Crippen LogP contribution in [0.4, 0.5) is 0 Å². The maximum Gasteiger partial charge on any atom is 0.307 e. The number of carbonyl (C=O) groups excluding carboxylic acids is 1. The van der Waals surface area contributed by atoms with Crippen LogP contribution in [0.25, 0.3) is 0 Å². The van der Waals surface area contributed by atoms with Crippen LogP contribution in [0.3, 0.4) is 0 Å². The molecule has 108 valence electrons. The fourth-order valence-electron chi connectivity index (χ4n) is 2.86. The highest BCUT2D eigenvalue weighted by Gasteiger charge is 2.40. The van der Waals surface area contributed by atoms with Crippen LogP contribution >= 0.6 is 0 Å². The van der Waals surface area contributed by atoms with Crippen LogP contribution in [0.1, 0.15) is 31.2 Å². The lowest BCUT2D eigenvalue weighted by Crippen LogP contribution is -2.35. The molecule has 0 spiro atoms. The number of hydrogen-bond acceptors (Lipinski definition) is 3. The number of pyridine rings is 1. The molecular formula is C15H20N2O3. The molecule has 0 bridgehead atoms. The van der Waals surface area contributed by atoms with Crippen molar-refractivity contribution < 1.29 is 14.7 Å². The maximum absolute atomic E-state index is 12.2. The van der Waals surface area contributed by atoms with E-state index in [2.05, 4.69) is 10.3 Å². The van der Waals surface area contributed by atoms with E-state index in [0.717, 1.165) is 11.4 Å². The van der Waals surface area contributed by atoms with Gasteiger partial charge in [0.15, 0.2) is 0 Å². The first-order valence-corrected chi connectivity index (χ1v) is 6.90. The standard InChI is InChI=1S/C15H20N2O3/c1-9-6-12(13(7-9)15(19)20)14(18)16-8-11-5-3-4-10(2)17-11/h3-5,9,12-13H,6-8H2,1-2H3,(H,16,18)(H,19,20)/t9?,12-,13+/m0/s1. The van der Waals surface area contributed by atoms with Crippen molar-refractivity contribution in [1.82, 2.24) is 10.3 Å². The second-order valence-electron chi connectivity index (χ2n) is 5.62. The maximum atomic E-state index is 12.2. The molecule has 1 amide bonds. The summed E-state index contributed by atoms with van der Waals surface area (Å²) in [5.74, 6) is -1.75. The molecular weight excluding hydrogens is 256 g/mol. The van der Waals surface area contributed by atoms with Crippen LogP contribution < -0.4 is 5.32 Å². The molecule has 20 heavy (non-hydrogen) atoms. The van der Waals surface area contributed by atoms with Gasteiger partial charge in [-0.3, -0.25) is 14.6 Å². The Morgan fingerprint density at radius 1 is 1.35 bits per heavy atom. The topological polar surface area (TPSA) is 79.3 Å². The van der Waals surface area contributed by atoms with Crippen molar-refractivity contribution in [3.63, 3.8) is 0 Å². The number of hydrogen-bond donors (Lipinski definition) is 2. The van der Waals surface area contributed by atoms with Crippen molar-refractivity contribution >= 4 is 11.9 Å². The van der Waals surface area contributed by atoms with Gasteiger partial charge in [-0.1, -0.05) is 13.0 Å². The van der Waals surface area contributed by atoms with E-state index in [-0.39, 0.29) is 11.8 Å². The van der Waals surface area contributed by atoms with Gasteiger partial charge in [0.1, 0.15) is 0 Å². The first kappa shape index (κ1) is 14.5. The minimum atomic E-state index is -0.872. The molecule has 1 heterocycles. The van der Waals surface area contributed by atoms with Crippen molar-refractivity contribution in [3.05, 3.63) is 29.6 Å². The normalized spacial score (nSPS) is 25.4. The van der Waals surface area contributed by atoms with Crippen molar-refractivity contribution in [2.24, 2.45) is 17.8 Å². The molecule has 1 aliphatic carbocycles. The zero-order valence-electron chi connectivity index (χ0n) is 11.8. The lowest BCUT2D eigenvalue weighted by molar-refractivity contribution is -0.146. The molecule has 1 saturated carbocycles. The van der Waals surface area contributed by atoms with E-state index in [0.29, 0.717) is 19.4 Å². The van der Waals surface area contributed by atoms with Gasteiger partial charge in [-0.2, -0.15) is 0 Å². The number of carboxylic acids is 1. The van der Waals surface area contributed by atoms with Crippen molar-refractivity contribution in [2.75, 3.05) is 0 Å². The molecule has 1 aromatic rings. The summed E-state index contributed by atoms with van der Waals surface area (Å²) < 4.78 is 0. The third kappa shape index (κ3) is 3.35. The minimum absolute atomic E-state index is 0.176. The van der Waals surface area contributed by atoms with Crippen molar-refractivity contribution in [2.45, 2.75) is 33.2 Å². The monoisotopic (exact) mass is 276 g/mol. The Labute approximate surface area is 118 Å². The highest BCUT2D eigenvalue weighted by atomic mass is 16.4. The van der Waals surface area contributed by atoms with Gasteiger partial charge >= 0.3 is 5.97 Å². The number of aromatic nitrogens is 1. The average Bonchev–Trinajstić information content (AvgIpc) is 2.78. The third-order valence-corrected chi connectivity index (χ3v) is 3.84. The van der Waals surface area contributed by atoms with Gasteiger partial charge in [-0.25, -0.2) is 0 Å². The summed E-state index contributed by atoms with van der Waals surface area (Å²) in [6, 6.07) is 5.63. The van der Waals surface area contributed by atoms with Crippen LogP contribution in [-0.4, -0.2) is 22.0 Å². The summed E-state index contributed by atoms with van der Waals surface area (Å²) in [6.07, 6.45) is 1.22. The predicted octanol–water partition coefficient (Wildman–Crippen LogP) is 1.75. The number of nitrogens with zero attached hydrogens (tertiary/aromatic N) is 1. The van der Waals surface area contributed by atoms with Gasteiger partial charge in [0.25, 0.3) is 0 Å². The Kier molecular flexibility index (Phi) is 4.37. The molecule has 1 unspecified atom stereocenters. The predicted molar refractivity (Wildman–Crippen MR) is 73.8 cm³/mol. The molecule has 1 fully saturated rings. The van der Waals surface area contributed by atoms with E-state index in [1.807, 2.05) is 32.0 Å². The van der Waals surface area contributed by atoms with Crippen LogP contribution in [-0.2, 0) is 16.1 Å².